The van der Waals surface area contributed by atoms with E-state index in [9.17, 15) is 13.2 Å². The normalized spacial score (nSPS) is 11.1. The largest absolute Gasteiger partial charge is 0.396 e. The highest BCUT2D eigenvalue weighted by atomic mass is 32.2. The van der Waals surface area contributed by atoms with Crippen LogP contribution in [-0.4, -0.2) is 40.5 Å². The minimum absolute atomic E-state index is 0.103. The Kier molecular flexibility index (Phi) is 5.28. The van der Waals surface area contributed by atoms with Crippen molar-refractivity contribution >= 4 is 21.2 Å². The van der Waals surface area contributed by atoms with Crippen LogP contribution in [0.3, 0.4) is 0 Å². The summed E-state index contributed by atoms with van der Waals surface area (Å²) >= 11 is 0. The number of aromatic amines is 1. The molecular weight excluding hydrogens is 272 g/mol. The molecule has 0 bridgehead atoms. The Morgan fingerprint density at radius 1 is 1.32 bits per heavy atom. The topological polar surface area (TPSA) is 112 Å². The SMILES string of the molecule is CS(=O)(=O)O.O=c1[nH]c2ccccc2n1CCCO. The van der Waals surface area contributed by atoms with Gasteiger partial charge in [-0.05, 0) is 18.6 Å². The molecule has 0 aliphatic carbocycles. The van der Waals surface area contributed by atoms with Gasteiger partial charge in [0.15, 0.2) is 0 Å². The Morgan fingerprint density at radius 2 is 1.89 bits per heavy atom. The van der Waals surface area contributed by atoms with Crippen molar-refractivity contribution in [2.45, 2.75) is 13.0 Å². The van der Waals surface area contributed by atoms with Gasteiger partial charge in [-0.3, -0.25) is 9.12 Å². The summed E-state index contributed by atoms with van der Waals surface area (Å²) in [5.74, 6) is 0. The molecule has 1 heterocycles. The lowest BCUT2D eigenvalue weighted by Crippen LogP contribution is -2.17. The lowest BCUT2D eigenvalue weighted by Gasteiger charge is -2.00. The number of rotatable bonds is 3. The lowest BCUT2D eigenvalue weighted by atomic mass is 10.3. The van der Waals surface area contributed by atoms with E-state index in [1.807, 2.05) is 24.3 Å². The van der Waals surface area contributed by atoms with Crippen LogP contribution in [0.15, 0.2) is 29.1 Å². The highest BCUT2D eigenvalue weighted by molar-refractivity contribution is 7.85. The number of benzene rings is 1. The van der Waals surface area contributed by atoms with Gasteiger partial charge >= 0.3 is 5.69 Å². The first-order valence-electron chi connectivity index (χ1n) is 5.54. The minimum Gasteiger partial charge on any atom is -0.396 e. The van der Waals surface area contributed by atoms with Gasteiger partial charge in [0.25, 0.3) is 10.1 Å². The lowest BCUT2D eigenvalue weighted by molar-refractivity contribution is 0.280. The second kappa shape index (κ2) is 6.50. The monoisotopic (exact) mass is 288 g/mol. The van der Waals surface area contributed by atoms with Gasteiger partial charge < -0.3 is 10.1 Å². The van der Waals surface area contributed by atoms with Crippen molar-refractivity contribution in [1.29, 1.82) is 0 Å². The molecule has 0 spiro atoms. The predicted molar refractivity (Wildman–Crippen MR) is 71.7 cm³/mol. The average Bonchev–Trinajstić information content (AvgIpc) is 2.60. The number of fused-ring (bicyclic) bond motifs is 1. The summed E-state index contributed by atoms with van der Waals surface area (Å²) in [6.07, 6.45) is 1.31. The van der Waals surface area contributed by atoms with Crippen LogP contribution < -0.4 is 5.69 Å². The molecular formula is C11H16N2O5S. The van der Waals surface area contributed by atoms with Crippen LogP contribution in [0.25, 0.3) is 11.0 Å². The maximum Gasteiger partial charge on any atom is 0.326 e. The summed E-state index contributed by atoms with van der Waals surface area (Å²) in [6.45, 7) is 0.658. The molecule has 0 amide bonds. The molecule has 0 atom stereocenters. The van der Waals surface area contributed by atoms with E-state index in [4.69, 9.17) is 9.66 Å². The molecule has 106 valence electrons. The highest BCUT2D eigenvalue weighted by Crippen LogP contribution is 2.08. The first kappa shape index (κ1) is 15.4. The molecule has 2 rings (SSSR count). The molecule has 0 saturated carbocycles. The third-order valence-electron chi connectivity index (χ3n) is 2.22. The number of nitrogens with zero attached hydrogens (tertiary/aromatic N) is 1. The van der Waals surface area contributed by atoms with Crippen molar-refractivity contribution < 1.29 is 18.1 Å². The number of aromatic nitrogens is 2. The molecule has 0 aliphatic rings. The Balaban J connectivity index is 0.000000312. The van der Waals surface area contributed by atoms with Crippen molar-refractivity contribution in [2.75, 3.05) is 12.9 Å². The van der Waals surface area contributed by atoms with E-state index in [0.29, 0.717) is 19.2 Å². The molecule has 1 aromatic heterocycles. The Hall–Kier alpha value is -1.64. The Bertz CT molecular complexity index is 678. The third kappa shape index (κ3) is 5.25. The molecule has 0 aliphatic heterocycles. The van der Waals surface area contributed by atoms with Gasteiger partial charge in [0.05, 0.1) is 17.3 Å². The van der Waals surface area contributed by atoms with Gasteiger partial charge in [-0.1, -0.05) is 12.1 Å². The fourth-order valence-corrected chi connectivity index (χ4v) is 1.56. The van der Waals surface area contributed by atoms with Crippen molar-refractivity contribution in [3.8, 4) is 0 Å². The van der Waals surface area contributed by atoms with E-state index < -0.39 is 10.1 Å². The molecule has 8 heteroatoms. The fourth-order valence-electron chi connectivity index (χ4n) is 1.56. The first-order valence-corrected chi connectivity index (χ1v) is 7.38. The summed E-state index contributed by atoms with van der Waals surface area (Å²) in [5.41, 5.74) is 1.63. The molecule has 2 aromatic rings. The van der Waals surface area contributed by atoms with Gasteiger partial charge in [0.1, 0.15) is 0 Å². The van der Waals surface area contributed by atoms with E-state index in [1.54, 1.807) is 4.57 Å². The number of aryl methyl sites for hydroxylation is 1. The standard InChI is InChI=1S/C10H12N2O2.CH4O3S/c13-7-3-6-12-9-5-2-1-4-8(9)11-10(12)14;1-5(2,3)4/h1-2,4-5,13H,3,6-7H2,(H,11,14);1H3,(H,2,3,4). The molecule has 3 N–H and O–H groups in total. The van der Waals surface area contributed by atoms with Crippen LogP contribution in [0, 0.1) is 0 Å². The number of imidazole rings is 1. The number of hydrogen-bond donors (Lipinski definition) is 3. The molecule has 1 aromatic carbocycles. The molecule has 0 saturated heterocycles. The molecule has 0 radical (unpaired) electrons. The number of aliphatic hydroxyl groups is 1. The highest BCUT2D eigenvalue weighted by Gasteiger charge is 2.03. The summed E-state index contributed by atoms with van der Waals surface area (Å²) < 4.78 is 27.5. The van der Waals surface area contributed by atoms with Gasteiger partial charge in [-0.25, -0.2) is 4.79 Å². The number of aliphatic hydroxyl groups excluding tert-OH is 1. The van der Waals surface area contributed by atoms with E-state index in [2.05, 4.69) is 4.98 Å². The molecule has 0 fully saturated rings. The zero-order chi connectivity index (χ0) is 14.5. The summed E-state index contributed by atoms with van der Waals surface area (Å²) in [5, 5.41) is 8.70. The number of para-hydroxylation sites is 2. The van der Waals surface area contributed by atoms with Crippen LogP contribution in [0.5, 0.6) is 0 Å². The maximum absolute atomic E-state index is 11.5. The second-order valence-corrected chi connectivity index (χ2v) is 5.38. The Labute approximate surface area is 110 Å². The summed E-state index contributed by atoms with van der Waals surface area (Å²) in [6, 6.07) is 7.54. The fraction of sp³-hybridized carbons (Fsp3) is 0.364. The maximum atomic E-state index is 11.5. The second-order valence-electron chi connectivity index (χ2n) is 3.91. The quantitative estimate of drug-likeness (QED) is 0.699. The third-order valence-corrected chi connectivity index (χ3v) is 2.22. The molecule has 19 heavy (non-hydrogen) atoms. The van der Waals surface area contributed by atoms with Gasteiger partial charge in [-0.2, -0.15) is 8.42 Å². The summed E-state index contributed by atoms with van der Waals surface area (Å²) in [7, 11) is -3.67. The zero-order valence-corrected chi connectivity index (χ0v) is 11.2. The van der Waals surface area contributed by atoms with Crippen molar-refractivity contribution in [2.24, 2.45) is 0 Å². The van der Waals surface area contributed by atoms with Crippen molar-refractivity contribution in [1.82, 2.24) is 9.55 Å². The van der Waals surface area contributed by atoms with Crippen molar-refractivity contribution in [3.05, 3.63) is 34.7 Å². The first-order chi connectivity index (χ1) is 8.83. The minimum atomic E-state index is -3.67. The van der Waals surface area contributed by atoms with E-state index in [1.165, 1.54) is 0 Å². The van der Waals surface area contributed by atoms with E-state index in [0.717, 1.165) is 11.0 Å². The number of hydrogen-bond acceptors (Lipinski definition) is 4. The average molecular weight is 288 g/mol. The van der Waals surface area contributed by atoms with Crippen LogP contribution in [0.2, 0.25) is 0 Å². The van der Waals surface area contributed by atoms with Gasteiger partial charge in [-0.15, -0.1) is 0 Å². The Morgan fingerprint density at radius 3 is 2.47 bits per heavy atom. The van der Waals surface area contributed by atoms with Crippen LogP contribution in [0.4, 0.5) is 0 Å². The van der Waals surface area contributed by atoms with E-state index in [-0.39, 0.29) is 12.3 Å². The van der Waals surface area contributed by atoms with Crippen LogP contribution in [-0.2, 0) is 16.7 Å². The number of H-pyrrole nitrogens is 1. The van der Waals surface area contributed by atoms with Crippen LogP contribution in [0.1, 0.15) is 6.42 Å². The zero-order valence-electron chi connectivity index (χ0n) is 10.4. The smallest absolute Gasteiger partial charge is 0.326 e. The van der Waals surface area contributed by atoms with E-state index >= 15 is 0 Å². The number of nitrogens with one attached hydrogen (secondary N) is 1. The van der Waals surface area contributed by atoms with Crippen molar-refractivity contribution in [3.63, 3.8) is 0 Å². The van der Waals surface area contributed by atoms with Gasteiger partial charge in [0.2, 0.25) is 0 Å². The molecule has 7 nitrogen and oxygen atoms in total. The van der Waals surface area contributed by atoms with Crippen LogP contribution >= 0.6 is 0 Å². The summed E-state index contributed by atoms with van der Waals surface area (Å²) in [4.78, 5) is 14.2. The predicted octanol–water partition coefficient (Wildman–Crippen LogP) is 0.216. The molecule has 0 unspecified atom stereocenters. The van der Waals surface area contributed by atoms with Gasteiger partial charge in [0, 0.05) is 13.2 Å².